The zero-order chi connectivity index (χ0) is 10.1. The highest BCUT2D eigenvalue weighted by molar-refractivity contribution is 9.10. The van der Waals surface area contributed by atoms with Crippen LogP contribution < -0.4 is 4.74 Å². The number of benzene rings is 1. The van der Waals surface area contributed by atoms with Crippen LogP contribution in [-0.2, 0) is 0 Å². The molecule has 0 radical (unpaired) electrons. The normalized spacial score (nSPS) is 21.0. The van der Waals surface area contributed by atoms with E-state index in [4.69, 9.17) is 4.74 Å². The van der Waals surface area contributed by atoms with Gasteiger partial charge in [-0.3, -0.25) is 4.79 Å². The van der Waals surface area contributed by atoms with Gasteiger partial charge in [0.15, 0.2) is 5.78 Å². The van der Waals surface area contributed by atoms with Crippen molar-refractivity contribution >= 4 is 21.7 Å². The summed E-state index contributed by atoms with van der Waals surface area (Å²) in [6, 6.07) is 5.54. The summed E-state index contributed by atoms with van der Waals surface area (Å²) in [7, 11) is 0. The number of hydrogen-bond acceptors (Lipinski definition) is 2. The first-order valence-electron chi connectivity index (χ1n) is 4.62. The molecule has 1 unspecified atom stereocenters. The molecular formula is C11H11BrO2. The second kappa shape index (κ2) is 3.73. The highest BCUT2D eigenvalue weighted by atomic mass is 79.9. The largest absolute Gasteiger partial charge is 0.492 e. The Kier molecular flexibility index (Phi) is 2.59. The van der Waals surface area contributed by atoms with Crippen LogP contribution in [0.3, 0.4) is 0 Å². The zero-order valence-corrected chi connectivity index (χ0v) is 9.50. The molecule has 0 amide bonds. The van der Waals surface area contributed by atoms with Crippen molar-refractivity contribution in [1.82, 2.24) is 0 Å². The fourth-order valence-electron chi connectivity index (χ4n) is 1.56. The van der Waals surface area contributed by atoms with Crippen LogP contribution in [0, 0.1) is 5.92 Å². The van der Waals surface area contributed by atoms with Gasteiger partial charge in [0.2, 0.25) is 0 Å². The summed E-state index contributed by atoms with van der Waals surface area (Å²) in [5, 5.41) is 0. The van der Waals surface area contributed by atoms with Gasteiger partial charge in [-0.15, -0.1) is 0 Å². The highest BCUT2D eigenvalue weighted by Crippen LogP contribution is 2.28. The summed E-state index contributed by atoms with van der Waals surface area (Å²) in [5.74, 6) is 1.18. The Balaban J connectivity index is 2.43. The third-order valence-electron chi connectivity index (χ3n) is 2.30. The lowest BCUT2D eigenvalue weighted by Gasteiger charge is -2.07. The van der Waals surface area contributed by atoms with Crippen LogP contribution in [0.25, 0.3) is 0 Å². The Labute approximate surface area is 91.4 Å². The predicted molar refractivity (Wildman–Crippen MR) is 57.7 cm³/mol. The quantitative estimate of drug-likeness (QED) is 0.712. The molecule has 2 rings (SSSR count). The minimum Gasteiger partial charge on any atom is -0.492 e. The van der Waals surface area contributed by atoms with E-state index in [1.165, 1.54) is 0 Å². The van der Waals surface area contributed by atoms with Crippen LogP contribution in [0.15, 0.2) is 22.7 Å². The molecule has 0 saturated carbocycles. The van der Waals surface area contributed by atoms with E-state index in [-0.39, 0.29) is 5.78 Å². The summed E-state index contributed by atoms with van der Waals surface area (Å²) < 4.78 is 6.50. The van der Waals surface area contributed by atoms with E-state index in [0.717, 1.165) is 4.47 Å². The van der Waals surface area contributed by atoms with Crippen LogP contribution in [-0.4, -0.2) is 12.4 Å². The molecule has 1 atom stereocenters. The van der Waals surface area contributed by atoms with E-state index in [1.807, 2.05) is 25.1 Å². The molecule has 2 nitrogen and oxygen atoms in total. The average Bonchev–Trinajstić information content (AvgIpc) is 2.26. The fourth-order valence-corrected chi connectivity index (χ4v) is 1.90. The Bertz CT molecular complexity index is 374. The minimum atomic E-state index is 0.178. The number of carbonyl (C=O) groups is 1. The van der Waals surface area contributed by atoms with Crippen molar-refractivity contribution < 1.29 is 9.53 Å². The number of carbonyl (C=O) groups excluding carboxylic acids is 1. The third kappa shape index (κ3) is 1.82. The summed E-state index contributed by atoms with van der Waals surface area (Å²) in [6.07, 6.45) is 0.578. The lowest BCUT2D eigenvalue weighted by Crippen LogP contribution is -2.07. The summed E-state index contributed by atoms with van der Waals surface area (Å²) >= 11 is 3.36. The molecule has 1 aromatic carbocycles. The number of fused-ring (bicyclic) bond motifs is 1. The maximum Gasteiger partial charge on any atom is 0.166 e. The first-order valence-corrected chi connectivity index (χ1v) is 5.41. The summed E-state index contributed by atoms with van der Waals surface area (Å²) in [4.78, 5) is 11.7. The lowest BCUT2D eigenvalue weighted by molar-refractivity contribution is 0.0966. The predicted octanol–water partition coefficient (Wildman–Crippen LogP) is 3.05. The molecule has 74 valence electrons. The van der Waals surface area contributed by atoms with Gasteiger partial charge in [-0.25, -0.2) is 0 Å². The van der Waals surface area contributed by atoms with Crippen molar-refractivity contribution in [3.05, 3.63) is 28.2 Å². The average molecular weight is 255 g/mol. The Hall–Kier alpha value is -0.830. The molecular weight excluding hydrogens is 244 g/mol. The third-order valence-corrected chi connectivity index (χ3v) is 2.79. The van der Waals surface area contributed by atoms with Gasteiger partial charge >= 0.3 is 0 Å². The fraction of sp³-hybridized carbons (Fsp3) is 0.364. The zero-order valence-electron chi connectivity index (χ0n) is 7.92. The van der Waals surface area contributed by atoms with Crippen LogP contribution in [0.2, 0.25) is 0 Å². The van der Waals surface area contributed by atoms with E-state index < -0.39 is 0 Å². The number of rotatable bonds is 0. The number of halogens is 1. The molecule has 14 heavy (non-hydrogen) atoms. The minimum absolute atomic E-state index is 0.178. The van der Waals surface area contributed by atoms with Crippen molar-refractivity contribution in [2.45, 2.75) is 13.3 Å². The monoisotopic (exact) mass is 254 g/mol. The molecule has 0 aliphatic carbocycles. The van der Waals surface area contributed by atoms with Crippen molar-refractivity contribution in [3.63, 3.8) is 0 Å². The van der Waals surface area contributed by atoms with Crippen molar-refractivity contribution in [2.24, 2.45) is 5.92 Å². The number of ether oxygens (including phenoxy) is 1. The number of hydrogen-bond donors (Lipinski definition) is 0. The van der Waals surface area contributed by atoms with Gasteiger partial charge in [-0.2, -0.15) is 0 Å². The molecule has 1 heterocycles. The van der Waals surface area contributed by atoms with Crippen LogP contribution in [0.1, 0.15) is 23.7 Å². The first kappa shape index (κ1) is 9.71. The summed E-state index contributed by atoms with van der Waals surface area (Å²) in [6.45, 7) is 2.65. The van der Waals surface area contributed by atoms with Crippen molar-refractivity contribution in [1.29, 1.82) is 0 Å². The van der Waals surface area contributed by atoms with E-state index in [0.29, 0.717) is 30.3 Å². The highest BCUT2D eigenvalue weighted by Gasteiger charge is 2.20. The van der Waals surface area contributed by atoms with Crippen LogP contribution >= 0.6 is 15.9 Å². The van der Waals surface area contributed by atoms with Crippen LogP contribution in [0.4, 0.5) is 0 Å². The van der Waals surface area contributed by atoms with Crippen LogP contribution in [0.5, 0.6) is 5.75 Å². The Morgan fingerprint density at radius 2 is 2.29 bits per heavy atom. The van der Waals surface area contributed by atoms with Gasteiger partial charge in [0, 0.05) is 10.9 Å². The second-order valence-corrected chi connectivity index (χ2v) is 4.60. The SMILES string of the molecule is CC1COc2cc(Br)ccc2C(=O)C1. The molecule has 1 aliphatic heterocycles. The van der Waals surface area contributed by atoms with Gasteiger partial charge in [0.1, 0.15) is 5.75 Å². The van der Waals surface area contributed by atoms with E-state index in [9.17, 15) is 4.79 Å². The molecule has 0 bridgehead atoms. The second-order valence-electron chi connectivity index (χ2n) is 3.68. The standard InChI is InChI=1S/C11H11BrO2/c1-7-4-10(13)9-3-2-8(12)5-11(9)14-6-7/h2-3,5,7H,4,6H2,1H3. The lowest BCUT2D eigenvalue weighted by atomic mass is 10.0. The topological polar surface area (TPSA) is 26.3 Å². The molecule has 0 saturated heterocycles. The number of ketones is 1. The molecule has 0 spiro atoms. The van der Waals surface area contributed by atoms with E-state index in [1.54, 1.807) is 0 Å². The van der Waals surface area contributed by atoms with E-state index in [2.05, 4.69) is 15.9 Å². The Morgan fingerprint density at radius 3 is 3.07 bits per heavy atom. The van der Waals surface area contributed by atoms with Gasteiger partial charge < -0.3 is 4.74 Å². The maximum atomic E-state index is 11.7. The molecule has 1 aromatic rings. The Morgan fingerprint density at radius 1 is 1.50 bits per heavy atom. The molecule has 1 aliphatic rings. The van der Waals surface area contributed by atoms with Gasteiger partial charge in [0.05, 0.1) is 12.2 Å². The van der Waals surface area contributed by atoms with Gasteiger partial charge in [-0.05, 0) is 24.1 Å². The molecule has 0 N–H and O–H groups in total. The van der Waals surface area contributed by atoms with Gasteiger partial charge in [-0.1, -0.05) is 22.9 Å². The molecule has 0 fully saturated rings. The smallest absolute Gasteiger partial charge is 0.166 e. The molecule has 0 aromatic heterocycles. The van der Waals surface area contributed by atoms with Gasteiger partial charge in [0.25, 0.3) is 0 Å². The van der Waals surface area contributed by atoms with E-state index >= 15 is 0 Å². The summed E-state index contributed by atoms with van der Waals surface area (Å²) in [5.41, 5.74) is 0.706. The maximum absolute atomic E-state index is 11.7. The molecule has 3 heteroatoms. The van der Waals surface area contributed by atoms with Crippen molar-refractivity contribution in [3.8, 4) is 5.75 Å². The number of Topliss-reactive ketones (excluding diaryl/α,β-unsaturated/α-hetero) is 1. The van der Waals surface area contributed by atoms with Crippen molar-refractivity contribution in [2.75, 3.05) is 6.61 Å². The first-order chi connectivity index (χ1) is 6.66.